The summed E-state index contributed by atoms with van der Waals surface area (Å²) in [6.07, 6.45) is 12.7. The van der Waals surface area contributed by atoms with Crippen LogP contribution in [0.1, 0.15) is 0 Å². The molecule has 0 aliphatic heterocycles. The molecule has 21 heteroatoms. The van der Waals surface area contributed by atoms with Crippen molar-refractivity contribution in [2.45, 2.75) is 0 Å². The molecule has 0 saturated heterocycles. The second-order valence-corrected chi connectivity index (χ2v) is 8.99. The molecule has 37 heavy (non-hydrogen) atoms. The van der Waals surface area contributed by atoms with Crippen molar-refractivity contribution in [3.63, 3.8) is 0 Å². The number of nitrogens with zero attached hydrogens (tertiary/aromatic N) is 4. The average Bonchev–Trinajstić information content (AvgIpc) is 3.58. The number of rotatable bonds is 4. The molecule has 4 aromatic rings. The number of hydrogen-bond acceptors (Lipinski definition) is 16. The second-order valence-electron chi connectivity index (χ2n) is 4.99. The number of hydrogen-bond donors (Lipinski definition) is 4. The predicted octanol–water partition coefficient (Wildman–Crippen LogP) is 2.48. The van der Waals surface area contributed by atoms with Gasteiger partial charge in [-0.15, -0.1) is 0 Å². The van der Waals surface area contributed by atoms with Crippen LogP contribution in [-0.4, -0.2) is 57.4 Å². The third-order valence-corrected chi connectivity index (χ3v) is 3.28. The Bertz CT molecular complexity index is 977. The number of H-pyrrole nitrogens is 4. The Kier molecular flexibility index (Phi) is 19.8. The topological polar surface area (TPSA) is 152 Å². The fourth-order valence-electron chi connectivity index (χ4n) is 1.54. The Labute approximate surface area is 268 Å². The van der Waals surface area contributed by atoms with Crippen LogP contribution in [0.25, 0.3) is 0 Å². The third kappa shape index (κ3) is 19.7. The second kappa shape index (κ2) is 21.0. The van der Waals surface area contributed by atoms with Crippen molar-refractivity contribution in [3.05, 3.63) is 49.6 Å². The van der Waals surface area contributed by atoms with Gasteiger partial charge in [0, 0.05) is 67.1 Å². The molecule has 0 amide bonds. The molecule has 0 radical (unpaired) electrons. The molecule has 0 aliphatic rings. The number of imidazole rings is 4. The summed E-state index contributed by atoms with van der Waals surface area (Å²) in [6.45, 7) is 0. The summed E-state index contributed by atoms with van der Waals surface area (Å²) in [6, 6.07) is 1.37. The van der Waals surface area contributed by atoms with E-state index in [0.29, 0.717) is 24.0 Å². The van der Waals surface area contributed by atoms with Crippen LogP contribution in [-0.2, 0) is 71.6 Å². The Morgan fingerprint density at radius 1 is 0.486 bits per heavy atom. The Morgan fingerprint density at radius 2 is 0.676 bits per heavy atom. The summed E-state index contributed by atoms with van der Waals surface area (Å²) < 4.78 is 19.1. The van der Waals surface area contributed by atoms with Crippen LogP contribution >= 0.6 is 48.9 Å². The first kappa shape index (κ1) is 35.0. The molecule has 0 atom stereocenters. The number of aromatic amines is 4. The minimum absolute atomic E-state index is 0. The van der Waals surface area contributed by atoms with E-state index in [0.717, 1.165) is 0 Å². The molecule has 0 aliphatic carbocycles. The molecule has 4 N–H and O–H groups in total. The summed E-state index contributed by atoms with van der Waals surface area (Å²) in [5.74, 6) is 0. The Hall–Kier alpha value is -2.03. The quantitative estimate of drug-likeness (QED) is 0.138. The van der Waals surface area contributed by atoms with E-state index in [9.17, 15) is 0 Å². The first-order chi connectivity index (χ1) is 17.2. The number of ether oxygens (including phenoxy) is 4. The normalized spacial score (nSPS) is 8.65. The number of thiocarbonyl (C=S) groups is 4. The van der Waals surface area contributed by atoms with E-state index in [4.69, 9.17) is 18.9 Å². The van der Waals surface area contributed by atoms with Gasteiger partial charge in [0.05, 0.1) is 0 Å². The third-order valence-electron chi connectivity index (χ3n) is 2.61. The van der Waals surface area contributed by atoms with Gasteiger partial charge in [0.2, 0.25) is 0 Å². The van der Waals surface area contributed by atoms with Crippen molar-refractivity contribution in [1.29, 1.82) is 0 Å². The molecule has 4 heterocycles. The largest absolute Gasteiger partial charge is 4.00 e. The van der Waals surface area contributed by atoms with E-state index >= 15 is 0 Å². The van der Waals surface area contributed by atoms with Crippen LogP contribution in [0.3, 0.4) is 0 Å². The van der Waals surface area contributed by atoms with E-state index in [2.05, 4.69) is 139 Å². The van der Waals surface area contributed by atoms with Gasteiger partial charge in [-0.1, -0.05) is 0 Å². The molecular weight excluding hydrogens is 721 g/mol. The smallest absolute Gasteiger partial charge is 0.447 e. The van der Waals surface area contributed by atoms with E-state index in [1.165, 1.54) is 0 Å². The molecule has 0 bridgehead atoms. The molecule has 0 saturated carbocycles. The van der Waals surface area contributed by atoms with Gasteiger partial charge in [-0.3, -0.25) is 0 Å². The van der Waals surface area contributed by atoms with Crippen molar-refractivity contribution < 1.29 is 40.0 Å². The van der Waals surface area contributed by atoms with E-state index in [1.54, 1.807) is 49.6 Å². The maximum Gasteiger partial charge on any atom is 4.00 e. The zero-order chi connectivity index (χ0) is 26.8. The van der Waals surface area contributed by atoms with Crippen molar-refractivity contribution in [3.8, 4) is 24.0 Å². The Morgan fingerprint density at radius 3 is 0.784 bits per heavy atom. The zero-order valence-electron chi connectivity index (χ0n) is 17.7. The summed E-state index contributed by atoms with van der Waals surface area (Å²) in [5.41, 5.74) is 0. The molecular formula is C16H12MoN8O4S8. The van der Waals surface area contributed by atoms with Crippen molar-refractivity contribution in [2.24, 2.45) is 0 Å². The van der Waals surface area contributed by atoms with Crippen LogP contribution in [0.2, 0.25) is 0 Å². The van der Waals surface area contributed by atoms with Crippen LogP contribution in [0.5, 0.6) is 24.0 Å². The van der Waals surface area contributed by atoms with Crippen LogP contribution in [0.15, 0.2) is 49.6 Å². The molecule has 0 spiro atoms. The first-order valence-electron chi connectivity index (χ1n) is 8.68. The summed E-state index contributed by atoms with van der Waals surface area (Å²) >= 11 is 35.8. The zero-order valence-corrected chi connectivity index (χ0v) is 26.3. The van der Waals surface area contributed by atoms with Crippen molar-refractivity contribution in [2.75, 3.05) is 0 Å². The molecule has 194 valence electrons. The van der Waals surface area contributed by atoms with Crippen LogP contribution in [0.4, 0.5) is 0 Å². The predicted molar refractivity (Wildman–Crippen MR) is 157 cm³/mol. The molecule has 4 rings (SSSR count). The van der Waals surface area contributed by atoms with E-state index in [1.807, 2.05) is 0 Å². The van der Waals surface area contributed by atoms with Gasteiger partial charge in [0.15, 0.2) is 0 Å². The maximum atomic E-state index is 4.73. The van der Waals surface area contributed by atoms with Crippen molar-refractivity contribution in [1.82, 2.24) is 39.9 Å². The molecule has 0 aromatic carbocycles. The standard InChI is InChI=1S/4C4H4N2OS2.Mo/c4*8-4(9)7-3-5-1-2-6-3;/h4*1-2H,(H,5,6)(H,8,9);/q;;;;+4/p-4. The van der Waals surface area contributed by atoms with Gasteiger partial charge in [-0.2, -0.15) is 0 Å². The van der Waals surface area contributed by atoms with Crippen LogP contribution in [0, 0.1) is 0 Å². The van der Waals surface area contributed by atoms with E-state index in [-0.39, 0.29) is 38.6 Å². The van der Waals surface area contributed by atoms with Gasteiger partial charge < -0.3 is 138 Å². The molecule has 0 fully saturated rings. The molecule has 0 unspecified atom stereocenters. The number of nitrogens with one attached hydrogen (secondary N) is 4. The molecule has 4 aromatic heterocycles. The molecule has 12 nitrogen and oxygen atoms in total. The minimum atomic E-state index is 0. The fourth-order valence-corrected chi connectivity index (χ4v) is 2.17. The monoisotopic (exact) mass is 734 g/mol. The summed E-state index contributed by atoms with van der Waals surface area (Å²) in [7, 11) is 0. The van der Waals surface area contributed by atoms with Gasteiger partial charge in [-0.05, 0) is 0 Å². The van der Waals surface area contributed by atoms with Gasteiger partial charge >= 0.3 is 21.1 Å². The summed E-state index contributed by atoms with van der Waals surface area (Å²) in [5, 5.41) is 0. The van der Waals surface area contributed by atoms with E-state index < -0.39 is 0 Å². The Balaban J connectivity index is 0.000000463. The van der Waals surface area contributed by atoms with Gasteiger partial charge in [-0.25, -0.2) is 19.9 Å². The number of aromatic nitrogens is 8. The van der Waals surface area contributed by atoms with Gasteiger partial charge in [0.1, 0.15) is 0 Å². The summed E-state index contributed by atoms with van der Waals surface area (Å²) in [4.78, 5) is 25.6. The minimum Gasteiger partial charge on any atom is -0.447 e. The maximum absolute atomic E-state index is 4.73. The van der Waals surface area contributed by atoms with Gasteiger partial charge in [0.25, 0.3) is 24.0 Å². The van der Waals surface area contributed by atoms with Crippen LogP contribution < -0.4 is 18.9 Å². The fraction of sp³-hybridized carbons (Fsp3) is 0. The average molecular weight is 733 g/mol. The first-order valence-corrected chi connectivity index (χ1v) is 11.9. The SMILES string of the molecule is S=C([S-])Oc1ncc[nH]1.S=C([S-])Oc1ncc[nH]1.S=C([S-])Oc1ncc[nH]1.S=C([S-])Oc1ncc[nH]1.[Mo+4]. The van der Waals surface area contributed by atoms with Crippen molar-refractivity contribution >= 4 is 117 Å².